The number of hydrogen-bond acceptors (Lipinski definition) is 3. The maximum absolute atomic E-state index is 11.2. The maximum atomic E-state index is 11.2. The van der Waals surface area contributed by atoms with E-state index in [1.807, 2.05) is 0 Å². The molecule has 1 saturated carbocycles. The Hall–Kier alpha value is -0.570. The Morgan fingerprint density at radius 3 is 2.62 bits per heavy atom. The number of esters is 1. The lowest BCUT2D eigenvalue weighted by molar-refractivity contribution is -0.154. The fraction of sp³-hybridized carbons (Fsp3) is 0.900. The van der Waals surface area contributed by atoms with Crippen molar-refractivity contribution in [1.82, 2.24) is 0 Å². The van der Waals surface area contributed by atoms with Crippen LogP contribution in [-0.2, 0) is 9.53 Å². The summed E-state index contributed by atoms with van der Waals surface area (Å²) in [5, 5.41) is 0. The van der Waals surface area contributed by atoms with E-state index in [0.29, 0.717) is 5.92 Å². The number of ether oxygens (including phenoxy) is 1. The first-order chi connectivity index (χ1) is 6.11. The van der Waals surface area contributed by atoms with Crippen molar-refractivity contribution in [1.29, 1.82) is 0 Å². The summed E-state index contributed by atoms with van der Waals surface area (Å²) < 4.78 is 5.30. The van der Waals surface area contributed by atoms with E-state index in [1.54, 1.807) is 6.92 Å². The zero-order valence-electron chi connectivity index (χ0n) is 8.45. The topological polar surface area (TPSA) is 52.3 Å². The van der Waals surface area contributed by atoms with Crippen LogP contribution < -0.4 is 5.73 Å². The largest absolute Gasteiger partial charge is 0.461 e. The van der Waals surface area contributed by atoms with E-state index < -0.39 is 6.04 Å². The average molecular weight is 185 g/mol. The van der Waals surface area contributed by atoms with Crippen LogP contribution in [0.5, 0.6) is 0 Å². The van der Waals surface area contributed by atoms with Crippen LogP contribution in [0.2, 0.25) is 0 Å². The Morgan fingerprint density at radius 2 is 2.08 bits per heavy atom. The lowest BCUT2D eigenvalue weighted by Gasteiger charge is -2.28. The molecular formula is C10H19NO2. The standard InChI is InChI=1S/C10H19NO2/c1-7-5-3-4-6-9(7)13-10(12)8(2)11/h7-9H,3-6,11H2,1-2H3. The highest BCUT2D eigenvalue weighted by atomic mass is 16.5. The summed E-state index contributed by atoms with van der Waals surface area (Å²) in [6.07, 6.45) is 4.69. The molecule has 3 unspecified atom stereocenters. The van der Waals surface area contributed by atoms with Gasteiger partial charge in [0.2, 0.25) is 0 Å². The van der Waals surface area contributed by atoms with E-state index in [4.69, 9.17) is 10.5 Å². The molecule has 3 heteroatoms. The lowest BCUT2D eigenvalue weighted by atomic mass is 9.88. The second-order valence-corrected chi connectivity index (χ2v) is 4.03. The number of carbonyl (C=O) groups excluding carboxylic acids is 1. The minimum Gasteiger partial charge on any atom is -0.461 e. The van der Waals surface area contributed by atoms with Crippen LogP contribution in [0.3, 0.4) is 0 Å². The second kappa shape index (κ2) is 4.61. The van der Waals surface area contributed by atoms with Crippen molar-refractivity contribution in [3.8, 4) is 0 Å². The van der Waals surface area contributed by atoms with Gasteiger partial charge >= 0.3 is 5.97 Å². The molecule has 0 heterocycles. The summed E-state index contributed by atoms with van der Waals surface area (Å²) in [4.78, 5) is 11.2. The summed E-state index contributed by atoms with van der Waals surface area (Å²) in [7, 11) is 0. The van der Waals surface area contributed by atoms with E-state index in [9.17, 15) is 4.79 Å². The molecule has 3 atom stereocenters. The van der Waals surface area contributed by atoms with Crippen LogP contribution in [-0.4, -0.2) is 18.1 Å². The van der Waals surface area contributed by atoms with Crippen LogP contribution in [0, 0.1) is 5.92 Å². The monoisotopic (exact) mass is 185 g/mol. The molecule has 1 aliphatic rings. The highest BCUT2D eigenvalue weighted by Crippen LogP contribution is 2.26. The van der Waals surface area contributed by atoms with Gasteiger partial charge in [-0.3, -0.25) is 4.79 Å². The van der Waals surface area contributed by atoms with Gasteiger partial charge in [-0.1, -0.05) is 13.3 Å². The SMILES string of the molecule is CC(N)C(=O)OC1CCCCC1C. The third-order valence-corrected chi connectivity index (χ3v) is 2.67. The Bertz CT molecular complexity index is 180. The van der Waals surface area contributed by atoms with E-state index in [2.05, 4.69) is 6.92 Å². The van der Waals surface area contributed by atoms with Crippen LogP contribution in [0.25, 0.3) is 0 Å². The zero-order valence-corrected chi connectivity index (χ0v) is 8.45. The van der Waals surface area contributed by atoms with E-state index in [0.717, 1.165) is 12.8 Å². The fourth-order valence-electron chi connectivity index (χ4n) is 1.71. The molecular weight excluding hydrogens is 166 g/mol. The minimum atomic E-state index is -0.492. The van der Waals surface area contributed by atoms with Gasteiger partial charge in [-0.2, -0.15) is 0 Å². The lowest BCUT2D eigenvalue weighted by Crippen LogP contribution is -2.35. The summed E-state index contributed by atoms with van der Waals surface area (Å²) in [6, 6.07) is -0.492. The van der Waals surface area contributed by atoms with E-state index in [-0.39, 0.29) is 12.1 Å². The Morgan fingerprint density at radius 1 is 1.46 bits per heavy atom. The highest BCUT2D eigenvalue weighted by molar-refractivity contribution is 5.75. The Balaban J connectivity index is 2.38. The normalized spacial score (nSPS) is 31.0. The molecule has 1 fully saturated rings. The fourth-order valence-corrected chi connectivity index (χ4v) is 1.71. The molecule has 0 aliphatic heterocycles. The number of carbonyl (C=O) groups is 1. The van der Waals surface area contributed by atoms with Gasteiger partial charge in [0.15, 0.2) is 0 Å². The van der Waals surface area contributed by atoms with Crippen molar-refractivity contribution in [3.05, 3.63) is 0 Å². The van der Waals surface area contributed by atoms with Crippen molar-refractivity contribution in [3.63, 3.8) is 0 Å². The predicted molar refractivity (Wildman–Crippen MR) is 51.2 cm³/mol. The second-order valence-electron chi connectivity index (χ2n) is 4.03. The molecule has 13 heavy (non-hydrogen) atoms. The van der Waals surface area contributed by atoms with Gasteiger partial charge in [-0.25, -0.2) is 0 Å². The Kier molecular flexibility index (Phi) is 3.72. The molecule has 0 bridgehead atoms. The third kappa shape index (κ3) is 2.99. The van der Waals surface area contributed by atoms with Gasteiger partial charge in [-0.15, -0.1) is 0 Å². The molecule has 3 nitrogen and oxygen atoms in total. The molecule has 1 aliphatic carbocycles. The van der Waals surface area contributed by atoms with Crippen molar-refractivity contribution >= 4 is 5.97 Å². The van der Waals surface area contributed by atoms with Gasteiger partial charge in [0.25, 0.3) is 0 Å². The molecule has 0 aromatic heterocycles. The molecule has 0 amide bonds. The molecule has 76 valence electrons. The molecule has 0 spiro atoms. The van der Waals surface area contributed by atoms with Gasteiger partial charge in [0, 0.05) is 0 Å². The summed E-state index contributed by atoms with van der Waals surface area (Å²) in [6.45, 7) is 3.80. The molecule has 2 N–H and O–H groups in total. The Labute approximate surface area is 79.6 Å². The van der Waals surface area contributed by atoms with Gasteiger partial charge in [-0.05, 0) is 32.1 Å². The summed E-state index contributed by atoms with van der Waals surface area (Å²) in [5.41, 5.74) is 5.42. The van der Waals surface area contributed by atoms with Crippen LogP contribution in [0.4, 0.5) is 0 Å². The average Bonchev–Trinajstić information content (AvgIpc) is 2.08. The van der Waals surface area contributed by atoms with Crippen molar-refractivity contribution < 1.29 is 9.53 Å². The first-order valence-corrected chi connectivity index (χ1v) is 5.07. The molecule has 1 rings (SSSR count). The predicted octanol–water partition coefficient (Wildman–Crippen LogP) is 1.46. The molecule has 0 aromatic carbocycles. The van der Waals surface area contributed by atoms with Crippen molar-refractivity contribution in [2.75, 3.05) is 0 Å². The molecule has 0 aromatic rings. The smallest absolute Gasteiger partial charge is 0.322 e. The van der Waals surface area contributed by atoms with Crippen LogP contribution >= 0.6 is 0 Å². The summed E-state index contributed by atoms with van der Waals surface area (Å²) >= 11 is 0. The van der Waals surface area contributed by atoms with Crippen LogP contribution in [0.1, 0.15) is 39.5 Å². The minimum absolute atomic E-state index is 0.104. The van der Waals surface area contributed by atoms with Crippen molar-refractivity contribution in [2.24, 2.45) is 11.7 Å². The van der Waals surface area contributed by atoms with E-state index >= 15 is 0 Å². The van der Waals surface area contributed by atoms with Crippen molar-refractivity contribution in [2.45, 2.75) is 51.7 Å². The first-order valence-electron chi connectivity index (χ1n) is 5.07. The van der Waals surface area contributed by atoms with Gasteiger partial charge in [0.1, 0.15) is 12.1 Å². The highest BCUT2D eigenvalue weighted by Gasteiger charge is 2.25. The quantitative estimate of drug-likeness (QED) is 0.662. The van der Waals surface area contributed by atoms with Gasteiger partial charge < -0.3 is 10.5 Å². The van der Waals surface area contributed by atoms with E-state index in [1.165, 1.54) is 12.8 Å². The van der Waals surface area contributed by atoms with Crippen LogP contribution in [0.15, 0.2) is 0 Å². The number of nitrogens with two attached hydrogens (primary N) is 1. The molecule has 0 saturated heterocycles. The zero-order chi connectivity index (χ0) is 9.84. The summed E-state index contributed by atoms with van der Waals surface area (Å²) in [5.74, 6) is 0.232. The third-order valence-electron chi connectivity index (χ3n) is 2.67. The number of hydrogen-bond donors (Lipinski definition) is 1. The van der Waals surface area contributed by atoms with Gasteiger partial charge in [0.05, 0.1) is 0 Å². The first kappa shape index (κ1) is 10.5. The maximum Gasteiger partial charge on any atom is 0.322 e. The molecule has 0 radical (unpaired) electrons. The number of rotatable bonds is 2.